The van der Waals surface area contributed by atoms with Crippen LogP contribution in [0, 0.1) is 0 Å². The van der Waals surface area contributed by atoms with Crippen LogP contribution < -0.4 is 5.32 Å². The van der Waals surface area contributed by atoms with Gasteiger partial charge in [-0.3, -0.25) is 4.90 Å². The minimum absolute atomic E-state index is 0.437. The van der Waals surface area contributed by atoms with E-state index in [9.17, 15) is 0 Å². The molecule has 1 aromatic rings. The highest BCUT2D eigenvalue weighted by molar-refractivity contribution is 4.96. The molecule has 1 aliphatic heterocycles. The second kappa shape index (κ2) is 6.87. The first-order valence-electron chi connectivity index (χ1n) is 6.79. The van der Waals surface area contributed by atoms with Crippen molar-refractivity contribution in [2.75, 3.05) is 33.4 Å². The third-order valence-electron chi connectivity index (χ3n) is 3.46. The molecule has 0 radical (unpaired) electrons. The standard InChI is InChI=1S/C13H24N4O/c1-3-4-14-9-12(11-18-2)17-8-7-16-6-5-15-13(16)10-17/h5-6,12,14H,3-4,7-11H2,1-2H3. The second-order valence-electron chi connectivity index (χ2n) is 4.82. The fourth-order valence-electron chi connectivity index (χ4n) is 2.44. The number of rotatable bonds is 7. The first-order chi connectivity index (χ1) is 8.85. The summed E-state index contributed by atoms with van der Waals surface area (Å²) in [6.45, 7) is 8.06. The van der Waals surface area contributed by atoms with Crippen LogP contribution in [0.3, 0.4) is 0 Å². The topological polar surface area (TPSA) is 42.3 Å². The fourth-order valence-corrected chi connectivity index (χ4v) is 2.44. The summed E-state index contributed by atoms with van der Waals surface area (Å²) >= 11 is 0. The van der Waals surface area contributed by atoms with Crippen molar-refractivity contribution in [3.63, 3.8) is 0 Å². The highest BCUT2D eigenvalue weighted by Gasteiger charge is 2.23. The van der Waals surface area contributed by atoms with Crippen LogP contribution in [0.4, 0.5) is 0 Å². The van der Waals surface area contributed by atoms with Gasteiger partial charge in [-0.25, -0.2) is 4.98 Å². The van der Waals surface area contributed by atoms with Crippen LogP contribution in [0.5, 0.6) is 0 Å². The summed E-state index contributed by atoms with van der Waals surface area (Å²) < 4.78 is 7.58. The maximum Gasteiger partial charge on any atom is 0.122 e. The summed E-state index contributed by atoms with van der Waals surface area (Å²) in [5.74, 6) is 1.16. The Morgan fingerprint density at radius 3 is 3.17 bits per heavy atom. The number of aromatic nitrogens is 2. The van der Waals surface area contributed by atoms with Gasteiger partial charge in [-0.15, -0.1) is 0 Å². The Balaban J connectivity index is 1.90. The molecule has 1 aromatic heterocycles. The predicted octanol–water partition coefficient (Wildman–Crippen LogP) is 0.713. The van der Waals surface area contributed by atoms with Crippen molar-refractivity contribution >= 4 is 0 Å². The molecular formula is C13H24N4O. The normalized spacial score (nSPS) is 17.7. The largest absolute Gasteiger partial charge is 0.383 e. The van der Waals surface area contributed by atoms with E-state index in [-0.39, 0.29) is 0 Å². The Kier molecular flexibility index (Phi) is 5.16. The van der Waals surface area contributed by atoms with E-state index < -0.39 is 0 Å². The molecular weight excluding hydrogens is 228 g/mol. The van der Waals surface area contributed by atoms with Crippen molar-refractivity contribution < 1.29 is 4.74 Å². The number of ether oxygens (including phenoxy) is 1. The maximum absolute atomic E-state index is 5.35. The highest BCUT2D eigenvalue weighted by atomic mass is 16.5. The number of nitrogens with one attached hydrogen (secondary N) is 1. The van der Waals surface area contributed by atoms with Gasteiger partial charge in [-0.1, -0.05) is 6.92 Å². The molecule has 18 heavy (non-hydrogen) atoms. The van der Waals surface area contributed by atoms with Gasteiger partial charge in [0.1, 0.15) is 5.82 Å². The highest BCUT2D eigenvalue weighted by Crippen LogP contribution is 2.13. The Labute approximate surface area is 109 Å². The van der Waals surface area contributed by atoms with Gasteiger partial charge in [0.25, 0.3) is 0 Å². The third-order valence-corrected chi connectivity index (χ3v) is 3.46. The van der Waals surface area contributed by atoms with Crippen molar-refractivity contribution in [2.24, 2.45) is 0 Å². The van der Waals surface area contributed by atoms with E-state index in [2.05, 4.69) is 32.9 Å². The zero-order chi connectivity index (χ0) is 12.8. The van der Waals surface area contributed by atoms with E-state index in [1.165, 1.54) is 6.42 Å². The molecule has 1 N–H and O–H groups in total. The number of hydrogen-bond donors (Lipinski definition) is 1. The Hall–Kier alpha value is -0.910. The van der Waals surface area contributed by atoms with Crippen molar-refractivity contribution in [1.29, 1.82) is 0 Å². The molecule has 2 heterocycles. The molecule has 1 unspecified atom stereocenters. The molecule has 0 saturated carbocycles. The van der Waals surface area contributed by atoms with Gasteiger partial charge in [0, 0.05) is 45.2 Å². The lowest BCUT2D eigenvalue weighted by atomic mass is 10.2. The molecule has 5 nitrogen and oxygen atoms in total. The Morgan fingerprint density at radius 2 is 2.39 bits per heavy atom. The van der Waals surface area contributed by atoms with Crippen LogP contribution in [0.1, 0.15) is 19.2 Å². The van der Waals surface area contributed by atoms with Gasteiger partial charge in [0.05, 0.1) is 13.2 Å². The first kappa shape index (κ1) is 13.5. The zero-order valence-corrected chi connectivity index (χ0v) is 11.4. The first-order valence-corrected chi connectivity index (χ1v) is 6.79. The molecule has 0 saturated heterocycles. The Morgan fingerprint density at radius 1 is 1.50 bits per heavy atom. The number of fused-ring (bicyclic) bond motifs is 1. The van der Waals surface area contributed by atoms with Crippen molar-refractivity contribution in [3.05, 3.63) is 18.2 Å². The van der Waals surface area contributed by atoms with E-state index in [0.717, 1.165) is 45.2 Å². The van der Waals surface area contributed by atoms with E-state index in [1.54, 1.807) is 7.11 Å². The van der Waals surface area contributed by atoms with Gasteiger partial charge < -0.3 is 14.6 Å². The predicted molar refractivity (Wildman–Crippen MR) is 71.5 cm³/mol. The van der Waals surface area contributed by atoms with Gasteiger partial charge in [0.15, 0.2) is 0 Å². The van der Waals surface area contributed by atoms with E-state index in [4.69, 9.17) is 4.74 Å². The van der Waals surface area contributed by atoms with Crippen LogP contribution in [0.15, 0.2) is 12.4 Å². The molecule has 0 bridgehead atoms. The quantitative estimate of drug-likeness (QED) is 0.726. The molecule has 0 fully saturated rings. The van der Waals surface area contributed by atoms with Crippen LogP contribution >= 0.6 is 0 Å². The lowest BCUT2D eigenvalue weighted by molar-refractivity contribution is 0.0706. The SMILES string of the molecule is CCCNCC(COC)N1CCn2ccnc2C1. The van der Waals surface area contributed by atoms with Crippen molar-refractivity contribution in [2.45, 2.75) is 32.5 Å². The molecule has 1 atom stereocenters. The van der Waals surface area contributed by atoms with Crippen molar-refractivity contribution in [3.8, 4) is 0 Å². The van der Waals surface area contributed by atoms with Crippen LogP contribution in [-0.2, 0) is 17.8 Å². The minimum atomic E-state index is 0.437. The summed E-state index contributed by atoms with van der Waals surface area (Å²) in [5.41, 5.74) is 0. The minimum Gasteiger partial charge on any atom is -0.383 e. The fraction of sp³-hybridized carbons (Fsp3) is 0.769. The molecule has 5 heteroatoms. The average Bonchev–Trinajstić information content (AvgIpc) is 2.85. The smallest absolute Gasteiger partial charge is 0.122 e. The third kappa shape index (κ3) is 3.31. The van der Waals surface area contributed by atoms with E-state index in [0.29, 0.717) is 6.04 Å². The second-order valence-corrected chi connectivity index (χ2v) is 4.82. The maximum atomic E-state index is 5.35. The van der Waals surface area contributed by atoms with E-state index >= 15 is 0 Å². The summed E-state index contributed by atoms with van der Waals surface area (Å²) in [4.78, 5) is 6.87. The van der Waals surface area contributed by atoms with Gasteiger partial charge in [0.2, 0.25) is 0 Å². The monoisotopic (exact) mass is 252 g/mol. The van der Waals surface area contributed by atoms with Gasteiger partial charge in [-0.05, 0) is 13.0 Å². The lowest BCUT2D eigenvalue weighted by Gasteiger charge is -2.34. The number of methoxy groups -OCH3 is 1. The molecule has 2 rings (SSSR count). The molecule has 0 aliphatic carbocycles. The van der Waals surface area contributed by atoms with Crippen molar-refractivity contribution in [1.82, 2.24) is 19.8 Å². The number of nitrogens with zero attached hydrogens (tertiary/aromatic N) is 3. The molecule has 0 aromatic carbocycles. The Bertz CT molecular complexity index is 353. The van der Waals surface area contributed by atoms with E-state index in [1.807, 2.05) is 6.20 Å². The number of hydrogen-bond acceptors (Lipinski definition) is 4. The number of imidazole rings is 1. The average molecular weight is 252 g/mol. The summed E-state index contributed by atoms with van der Waals surface area (Å²) in [5, 5.41) is 3.49. The van der Waals surface area contributed by atoms with Crippen LogP contribution in [0.2, 0.25) is 0 Å². The molecule has 1 aliphatic rings. The van der Waals surface area contributed by atoms with Gasteiger partial charge in [-0.2, -0.15) is 0 Å². The lowest BCUT2D eigenvalue weighted by Crippen LogP contribution is -2.48. The zero-order valence-electron chi connectivity index (χ0n) is 11.4. The molecule has 102 valence electrons. The summed E-state index contributed by atoms with van der Waals surface area (Å²) in [6, 6.07) is 0.437. The molecule has 0 amide bonds. The van der Waals surface area contributed by atoms with Crippen LogP contribution in [0.25, 0.3) is 0 Å². The van der Waals surface area contributed by atoms with Crippen LogP contribution in [-0.4, -0.2) is 53.8 Å². The van der Waals surface area contributed by atoms with Gasteiger partial charge >= 0.3 is 0 Å². The summed E-state index contributed by atoms with van der Waals surface area (Å²) in [7, 11) is 1.78. The summed E-state index contributed by atoms with van der Waals surface area (Å²) in [6.07, 6.45) is 5.12. The molecule has 0 spiro atoms.